The summed E-state index contributed by atoms with van der Waals surface area (Å²) >= 11 is 0. The monoisotopic (exact) mass is 300 g/mol. The van der Waals surface area contributed by atoms with Gasteiger partial charge in [-0.2, -0.15) is 4.39 Å². The van der Waals surface area contributed by atoms with Crippen LogP contribution in [0.25, 0.3) is 0 Å². The summed E-state index contributed by atoms with van der Waals surface area (Å²) in [6.07, 6.45) is 0. The molecular weight excluding hydrogens is 286 g/mol. The molecule has 9 heteroatoms. The van der Waals surface area contributed by atoms with E-state index in [1.807, 2.05) is 0 Å². The Kier molecular flexibility index (Phi) is 4.32. The number of halogens is 2. The predicted molar refractivity (Wildman–Crippen MR) is 71.1 cm³/mol. The van der Waals surface area contributed by atoms with Crippen LogP contribution < -0.4 is 15.5 Å². The number of anilines is 1. The van der Waals surface area contributed by atoms with Crippen LogP contribution in [0.3, 0.4) is 0 Å². The smallest absolute Gasteiger partial charge is 0.328 e. The molecule has 0 saturated carbocycles. The van der Waals surface area contributed by atoms with Crippen LogP contribution in [0.5, 0.6) is 0 Å². The number of nitro groups is 1. The third-order valence-corrected chi connectivity index (χ3v) is 3.29. The Bertz CT molecular complexity index is 582. The molecule has 1 atom stereocenters. The van der Waals surface area contributed by atoms with Crippen molar-refractivity contribution in [1.82, 2.24) is 10.6 Å². The van der Waals surface area contributed by atoms with E-state index in [2.05, 4.69) is 10.6 Å². The number of benzene rings is 1. The number of carbonyl (C=O) groups is 1. The number of hydrogen-bond acceptors (Lipinski definition) is 5. The molecule has 7 nitrogen and oxygen atoms in total. The van der Waals surface area contributed by atoms with Gasteiger partial charge in [0.15, 0.2) is 0 Å². The van der Waals surface area contributed by atoms with Crippen LogP contribution in [0, 0.1) is 21.7 Å². The number of piperazine rings is 1. The number of carbonyl (C=O) groups excluding carboxylic acids is 1. The van der Waals surface area contributed by atoms with Crippen LogP contribution in [0.1, 0.15) is 0 Å². The first-order valence-corrected chi connectivity index (χ1v) is 6.28. The minimum atomic E-state index is -1.26. The first kappa shape index (κ1) is 15.1. The molecule has 1 aromatic carbocycles. The van der Waals surface area contributed by atoms with Gasteiger partial charge in [-0.1, -0.05) is 0 Å². The summed E-state index contributed by atoms with van der Waals surface area (Å²) < 4.78 is 27.1. The second-order valence-electron chi connectivity index (χ2n) is 4.54. The van der Waals surface area contributed by atoms with Crippen molar-refractivity contribution in [2.75, 3.05) is 31.6 Å². The van der Waals surface area contributed by atoms with E-state index in [-0.39, 0.29) is 24.7 Å². The lowest BCUT2D eigenvalue weighted by molar-refractivity contribution is -0.386. The maximum Gasteiger partial charge on any atom is 0.328 e. The van der Waals surface area contributed by atoms with Crippen molar-refractivity contribution in [2.45, 2.75) is 6.04 Å². The van der Waals surface area contributed by atoms with E-state index in [1.165, 1.54) is 11.9 Å². The second-order valence-corrected chi connectivity index (χ2v) is 4.54. The van der Waals surface area contributed by atoms with Crippen molar-refractivity contribution in [3.05, 3.63) is 33.9 Å². The zero-order chi connectivity index (χ0) is 15.6. The highest BCUT2D eigenvalue weighted by Crippen LogP contribution is 2.33. The predicted octanol–water partition coefficient (Wildman–Crippen LogP) is 0.397. The molecule has 0 radical (unpaired) electrons. The number of hydrogen-bond donors (Lipinski definition) is 2. The summed E-state index contributed by atoms with van der Waals surface area (Å²) in [6.45, 7) is 0.902. The van der Waals surface area contributed by atoms with Crippen LogP contribution in [0.4, 0.5) is 20.2 Å². The van der Waals surface area contributed by atoms with E-state index < -0.39 is 28.3 Å². The van der Waals surface area contributed by atoms with Crippen molar-refractivity contribution in [3.8, 4) is 0 Å². The number of nitrogens with zero attached hydrogens (tertiary/aromatic N) is 2. The Balaban J connectivity index is 2.52. The van der Waals surface area contributed by atoms with Gasteiger partial charge in [-0.15, -0.1) is 0 Å². The third-order valence-electron chi connectivity index (χ3n) is 3.29. The highest BCUT2D eigenvalue weighted by Gasteiger charge is 2.34. The lowest BCUT2D eigenvalue weighted by Crippen LogP contribution is -2.57. The van der Waals surface area contributed by atoms with E-state index in [0.717, 1.165) is 6.07 Å². The Morgan fingerprint density at radius 2 is 2.24 bits per heavy atom. The molecule has 1 amide bonds. The topological polar surface area (TPSA) is 87.5 Å². The minimum absolute atomic E-state index is 0.224. The first-order valence-electron chi connectivity index (χ1n) is 6.28. The fraction of sp³-hybridized carbons (Fsp3) is 0.417. The SMILES string of the molecule is CNC(=O)C1CNCCN1c1cc(F)cc(F)c1[N+](=O)[O-]. The quantitative estimate of drug-likeness (QED) is 0.623. The van der Waals surface area contributed by atoms with Gasteiger partial charge in [-0.25, -0.2) is 4.39 Å². The molecule has 1 fully saturated rings. The zero-order valence-electron chi connectivity index (χ0n) is 11.2. The number of nitro benzene ring substituents is 1. The average Bonchev–Trinajstić information content (AvgIpc) is 2.45. The Morgan fingerprint density at radius 3 is 2.86 bits per heavy atom. The maximum atomic E-state index is 13.7. The number of amides is 1. The van der Waals surface area contributed by atoms with Crippen molar-refractivity contribution in [3.63, 3.8) is 0 Å². The molecule has 0 aliphatic carbocycles. The maximum absolute atomic E-state index is 13.7. The van der Waals surface area contributed by atoms with Gasteiger partial charge in [-0.3, -0.25) is 14.9 Å². The number of rotatable bonds is 3. The van der Waals surface area contributed by atoms with E-state index in [9.17, 15) is 23.7 Å². The van der Waals surface area contributed by atoms with Crippen LogP contribution in [-0.4, -0.2) is 43.6 Å². The fourth-order valence-electron chi connectivity index (χ4n) is 2.35. The van der Waals surface area contributed by atoms with Gasteiger partial charge in [0.05, 0.1) is 4.92 Å². The second kappa shape index (κ2) is 6.00. The van der Waals surface area contributed by atoms with Gasteiger partial charge in [0.1, 0.15) is 17.5 Å². The van der Waals surface area contributed by atoms with Crippen LogP contribution in [-0.2, 0) is 4.79 Å². The summed E-state index contributed by atoms with van der Waals surface area (Å²) in [5.74, 6) is -2.58. The minimum Gasteiger partial charge on any atom is -0.357 e. The van der Waals surface area contributed by atoms with E-state index in [0.29, 0.717) is 12.6 Å². The van der Waals surface area contributed by atoms with Crippen LogP contribution in [0.15, 0.2) is 12.1 Å². The van der Waals surface area contributed by atoms with Gasteiger partial charge in [0.2, 0.25) is 11.7 Å². The van der Waals surface area contributed by atoms with Crippen LogP contribution >= 0.6 is 0 Å². The third kappa shape index (κ3) is 2.92. The van der Waals surface area contributed by atoms with Gasteiger partial charge in [0.25, 0.3) is 0 Å². The Morgan fingerprint density at radius 1 is 1.52 bits per heavy atom. The molecule has 2 rings (SSSR count). The molecule has 1 aromatic rings. The molecule has 1 saturated heterocycles. The molecule has 21 heavy (non-hydrogen) atoms. The molecule has 0 spiro atoms. The lowest BCUT2D eigenvalue weighted by atomic mass is 10.1. The standard InChI is InChI=1S/C12H14F2N4O3/c1-15-12(19)10-6-16-2-3-17(10)9-5-7(13)4-8(14)11(9)18(20)21/h4-5,10,16H,2-3,6H2,1H3,(H,15,19). The zero-order valence-corrected chi connectivity index (χ0v) is 11.2. The Hall–Kier alpha value is -2.29. The van der Waals surface area contributed by atoms with Gasteiger partial charge >= 0.3 is 5.69 Å². The molecule has 1 unspecified atom stereocenters. The normalized spacial score (nSPS) is 18.4. The molecule has 1 aliphatic heterocycles. The van der Waals surface area contributed by atoms with Crippen LogP contribution in [0.2, 0.25) is 0 Å². The molecular formula is C12H14F2N4O3. The van der Waals surface area contributed by atoms with Gasteiger partial charge < -0.3 is 15.5 Å². The molecule has 0 aromatic heterocycles. The summed E-state index contributed by atoms with van der Waals surface area (Å²) in [4.78, 5) is 23.3. The lowest BCUT2D eigenvalue weighted by Gasteiger charge is -2.36. The van der Waals surface area contributed by atoms with Crippen molar-refractivity contribution < 1.29 is 18.5 Å². The molecule has 2 N–H and O–H groups in total. The Labute approximate surface area is 119 Å². The largest absolute Gasteiger partial charge is 0.357 e. The van der Waals surface area contributed by atoms with Crippen molar-refractivity contribution in [2.24, 2.45) is 0 Å². The molecule has 1 heterocycles. The molecule has 1 aliphatic rings. The number of nitrogens with one attached hydrogen (secondary N) is 2. The van der Waals surface area contributed by atoms with Crippen molar-refractivity contribution >= 4 is 17.3 Å². The van der Waals surface area contributed by atoms with E-state index in [4.69, 9.17) is 0 Å². The summed E-state index contributed by atoms with van der Waals surface area (Å²) in [7, 11) is 1.43. The average molecular weight is 300 g/mol. The molecule has 0 bridgehead atoms. The van der Waals surface area contributed by atoms with Crippen molar-refractivity contribution in [1.29, 1.82) is 0 Å². The summed E-state index contributed by atoms with van der Waals surface area (Å²) in [5.41, 5.74) is -1.06. The van der Waals surface area contributed by atoms with E-state index in [1.54, 1.807) is 0 Å². The fourth-order valence-corrected chi connectivity index (χ4v) is 2.35. The highest BCUT2D eigenvalue weighted by molar-refractivity contribution is 5.86. The number of likely N-dealkylation sites (N-methyl/N-ethyl adjacent to an activating group) is 1. The van der Waals surface area contributed by atoms with Gasteiger partial charge in [0, 0.05) is 38.8 Å². The first-order chi connectivity index (χ1) is 9.95. The molecule has 114 valence electrons. The van der Waals surface area contributed by atoms with E-state index >= 15 is 0 Å². The summed E-state index contributed by atoms with van der Waals surface area (Å²) in [6, 6.07) is 0.560. The summed E-state index contributed by atoms with van der Waals surface area (Å²) in [5, 5.41) is 16.4. The highest BCUT2D eigenvalue weighted by atomic mass is 19.1. The van der Waals surface area contributed by atoms with Gasteiger partial charge in [-0.05, 0) is 0 Å².